The van der Waals surface area contributed by atoms with Crippen LogP contribution in [0, 0.1) is 17.6 Å². The molecule has 6 nitrogen and oxygen atoms in total. The Kier molecular flexibility index (Phi) is 5.20. The first kappa shape index (κ1) is 20.4. The molecule has 1 atom stereocenters. The summed E-state index contributed by atoms with van der Waals surface area (Å²) in [4.78, 5) is 31.1. The zero-order chi connectivity index (χ0) is 22.2. The first-order chi connectivity index (χ1) is 15.5. The number of amides is 2. The summed E-state index contributed by atoms with van der Waals surface area (Å²) in [5.74, 6) is -1.77. The lowest BCUT2D eigenvalue weighted by atomic mass is 10.1. The number of carbonyl (C=O) groups is 2. The molecule has 1 fully saturated rings. The van der Waals surface area contributed by atoms with E-state index in [1.54, 1.807) is 6.07 Å². The number of fused-ring (bicyclic) bond motifs is 1. The minimum Gasteiger partial charge on any atom is -0.334 e. The van der Waals surface area contributed by atoms with Crippen molar-refractivity contribution >= 4 is 23.2 Å². The molecule has 3 heterocycles. The van der Waals surface area contributed by atoms with Gasteiger partial charge in [-0.1, -0.05) is 12.1 Å². The molecule has 0 aliphatic carbocycles. The Bertz CT molecular complexity index is 1180. The molecule has 1 aromatic heterocycles. The van der Waals surface area contributed by atoms with Gasteiger partial charge in [-0.3, -0.25) is 9.59 Å². The lowest BCUT2D eigenvalue weighted by Crippen LogP contribution is -2.28. The number of aromatic nitrogens is 2. The van der Waals surface area contributed by atoms with Crippen molar-refractivity contribution in [2.24, 2.45) is 5.92 Å². The van der Waals surface area contributed by atoms with E-state index in [-0.39, 0.29) is 30.5 Å². The van der Waals surface area contributed by atoms with Gasteiger partial charge in [0.1, 0.15) is 17.5 Å². The minimum atomic E-state index is -0.824. The number of rotatable bonds is 4. The smallest absolute Gasteiger partial charge is 0.229 e. The van der Waals surface area contributed by atoms with Crippen molar-refractivity contribution in [2.75, 3.05) is 16.8 Å². The molecule has 0 saturated carbocycles. The zero-order valence-electron chi connectivity index (χ0n) is 17.4. The van der Waals surface area contributed by atoms with Gasteiger partial charge in [0.25, 0.3) is 0 Å². The molecule has 2 aromatic carbocycles. The molecular weight excluding hydrogens is 414 g/mol. The van der Waals surface area contributed by atoms with E-state index in [4.69, 9.17) is 4.98 Å². The Balaban J connectivity index is 1.30. The van der Waals surface area contributed by atoms with Gasteiger partial charge in [-0.25, -0.2) is 13.8 Å². The molecule has 1 unspecified atom stereocenters. The lowest BCUT2D eigenvalue weighted by molar-refractivity contribution is -0.122. The average molecular weight is 436 g/mol. The van der Waals surface area contributed by atoms with Gasteiger partial charge in [0.2, 0.25) is 11.8 Å². The summed E-state index contributed by atoms with van der Waals surface area (Å²) in [5, 5.41) is 2.87. The van der Waals surface area contributed by atoms with Crippen molar-refractivity contribution < 1.29 is 18.4 Å². The number of halogens is 2. The monoisotopic (exact) mass is 436 g/mol. The quantitative estimate of drug-likeness (QED) is 0.668. The van der Waals surface area contributed by atoms with Crippen LogP contribution < -0.4 is 10.2 Å². The maximum absolute atomic E-state index is 14.1. The summed E-state index contributed by atoms with van der Waals surface area (Å²) < 4.78 is 29.5. The average Bonchev–Trinajstić information content (AvgIpc) is 3.38. The first-order valence-corrected chi connectivity index (χ1v) is 10.7. The Hall–Kier alpha value is -3.55. The maximum atomic E-state index is 14.1. The third kappa shape index (κ3) is 3.88. The second-order valence-corrected chi connectivity index (χ2v) is 8.26. The van der Waals surface area contributed by atoms with Gasteiger partial charge in [-0.05, 0) is 37.1 Å². The predicted molar refractivity (Wildman–Crippen MR) is 116 cm³/mol. The minimum absolute atomic E-state index is 0.0163. The van der Waals surface area contributed by atoms with E-state index in [1.165, 1.54) is 11.0 Å². The van der Waals surface area contributed by atoms with Crippen LogP contribution in [0.15, 0.2) is 48.7 Å². The van der Waals surface area contributed by atoms with Gasteiger partial charge in [-0.2, -0.15) is 0 Å². The number of anilines is 2. The first-order valence-electron chi connectivity index (χ1n) is 10.7. The Morgan fingerprint density at radius 3 is 2.81 bits per heavy atom. The molecule has 1 saturated heterocycles. The Morgan fingerprint density at radius 2 is 2.00 bits per heavy atom. The number of hydrogen-bond donors (Lipinski definition) is 1. The van der Waals surface area contributed by atoms with Crippen molar-refractivity contribution in [2.45, 2.75) is 32.2 Å². The highest BCUT2D eigenvalue weighted by molar-refractivity contribution is 6.03. The fourth-order valence-electron chi connectivity index (χ4n) is 4.37. The number of benzene rings is 2. The molecule has 164 valence electrons. The second kappa shape index (κ2) is 8.18. The van der Waals surface area contributed by atoms with Crippen LogP contribution in [-0.4, -0.2) is 27.9 Å². The topological polar surface area (TPSA) is 67.2 Å². The van der Waals surface area contributed by atoms with Crippen molar-refractivity contribution in [3.63, 3.8) is 0 Å². The molecule has 2 amide bonds. The number of imidazole rings is 1. The normalized spacial score (nSPS) is 18.0. The summed E-state index contributed by atoms with van der Waals surface area (Å²) >= 11 is 0. The molecule has 0 spiro atoms. The van der Waals surface area contributed by atoms with Crippen molar-refractivity contribution in [3.05, 3.63) is 66.1 Å². The van der Waals surface area contributed by atoms with E-state index in [0.29, 0.717) is 5.69 Å². The standard InChI is InChI=1S/C24H22F2N4O2/c25-17-7-8-21(19(26)12-17)30-13-16(11-23(30)31)24(32)27-18-5-3-4-15(10-18)20-14-29-9-2-1-6-22(29)28-20/h3-5,7-8,10,12,14,16H,1-2,6,9,11,13H2,(H,27,32). The number of nitrogens with one attached hydrogen (secondary N) is 1. The molecular formula is C24H22F2N4O2. The molecule has 8 heteroatoms. The highest BCUT2D eigenvalue weighted by Crippen LogP contribution is 2.29. The highest BCUT2D eigenvalue weighted by Gasteiger charge is 2.36. The molecule has 2 aliphatic rings. The van der Waals surface area contributed by atoms with Gasteiger partial charge < -0.3 is 14.8 Å². The summed E-state index contributed by atoms with van der Waals surface area (Å²) in [6.45, 7) is 1.01. The van der Waals surface area contributed by atoms with Crippen molar-refractivity contribution in [1.82, 2.24) is 9.55 Å². The van der Waals surface area contributed by atoms with Crippen molar-refractivity contribution in [1.29, 1.82) is 0 Å². The van der Waals surface area contributed by atoms with E-state index in [9.17, 15) is 18.4 Å². The predicted octanol–water partition coefficient (Wildman–Crippen LogP) is 4.16. The summed E-state index contributed by atoms with van der Waals surface area (Å²) in [5.41, 5.74) is 2.36. The highest BCUT2D eigenvalue weighted by atomic mass is 19.1. The third-order valence-electron chi connectivity index (χ3n) is 6.03. The van der Waals surface area contributed by atoms with Gasteiger partial charge in [-0.15, -0.1) is 0 Å². The van der Waals surface area contributed by atoms with Gasteiger partial charge >= 0.3 is 0 Å². The molecule has 1 N–H and O–H groups in total. The SMILES string of the molecule is O=C(Nc1cccc(-c2cn3c(n2)CCCC3)c1)C1CC(=O)N(c2ccc(F)cc2F)C1. The molecule has 3 aromatic rings. The van der Waals surface area contributed by atoms with E-state index in [0.717, 1.165) is 55.0 Å². The number of carbonyl (C=O) groups excluding carboxylic acids is 2. The summed E-state index contributed by atoms with van der Waals surface area (Å²) in [6, 6.07) is 10.5. The fraction of sp³-hybridized carbons (Fsp3) is 0.292. The molecule has 32 heavy (non-hydrogen) atoms. The van der Waals surface area contributed by atoms with Crippen LogP contribution in [0.25, 0.3) is 11.3 Å². The molecule has 2 aliphatic heterocycles. The van der Waals surface area contributed by atoms with Crippen LogP contribution in [0.4, 0.5) is 20.2 Å². The van der Waals surface area contributed by atoms with E-state index in [2.05, 4.69) is 9.88 Å². The third-order valence-corrected chi connectivity index (χ3v) is 6.03. The Labute approximate surface area is 183 Å². The second-order valence-electron chi connectivity index (χ2n) is 8.26. The number of nitrogens with zero attached hydrogens (tertiary/aromatic N) is 3. The van der Waals surface area contributed by atoms with Crippen LogP contribution in [0.5, 0.6) is 0 Å². The van der Waals surface area contributed by atoms with Crippen molar-refractivity contribution in [3.8, 4) is 11.3 Å². The van der Waals surface area contributed by atoms with Crippen LogP contribution in [0.1, 0.15) is 25.1 Å². The largest absolute Gasteiger partial charge is 0.334 e. The fourth-order valence-corrected chi connectivity index (χ4v) is 4.37. The maximum Gasteiger partial charge on any atom is 0.229 e. The number of aryl methyl sites for hydroxylation is 2. The van der Waals surface area contributed by atoms with Gasteiger partial charge in [0.05, 0.1) is 17.3 Å². The van der Waals surface area contributed by atoms with Crippen LogP contribution in [0.2, 0.25) is 0 Å². The van der Waals surface area contributed by atoms with E-state index >= 15 is 0 Å². The molecule has 0 radical (unpaired) electrons. The van der Waals surface area contributed by atoms with Gasteiger partial charge in [0, 0.05) is 49.4 Å². The van der Waals surface area contributed by atoms with Gasteiger partial charge in [0.15, 0.2) is 0 Å². The van der Waals surface area contributed by atoms with Crippen LogP contribution in [0.3, 0.4) is 0 Å². The van der Waals surface area contributed by atoms with Crippen LogP contribution >= 0.6 is 0 Å². The molecule has 5 rings (SSSR count). The lowest BCUT2D eigenvalue weighted by Gasteiger charge is -2.17. The zero-order valence-corrected chi connectivity index (χ0v) is 17.4. The summed E-state index contributed by atoms with van der Waals surface area (Å²) in [7, 11) is 0. The van der Waals surface area contributed by atoms with E-state index < -0.39 is 17.6 Å². The number of hydrogen-bond acceptors (Lipinski definition) is 3. The molecule has 0 bridgehead atoms. The van der Waals surface area contributed by atoms with E-state index in [1.807, 2.05) is 24.4 Å². The summed E-state index contributed by atoms with van der Waals surface area (Å²) in [6.07, 6.45) is 5.27. The van der Waals surface area contributed by atoms with Crippen LogP contribution in [-0.2, 0) is 22.6 Å². The Morgan fingerprint density at radius 1 is 1.12 bits per heavy atom.